The molecule has 1 heterocycles. The van der Waals surface area contributed by atoms with Crippen LogP contribution in [0.5, 0.6) is 0 Å². The Labute approximate surface area is 76.2 Å². The van der Waals surface area contributed by atoms with Crippen LogP contribution in [-0.4, -0.2) is 11.3 Å². The molecule has 0 saturated carbocycles. The normalized spacial score (nSPS) is 10.2. The summed E-state index contributed by atoms with van der Waals surface area (Å²) in [4.78, 5) is 14.8. The third-order valence-corrected chi connectivity index (χ3v) is 2.07. The summed E-state index contributed by atoms with van der Waals surface area (Å²) in [7, 11) is 0. The summed E-state index contributed by atoms with van der Waals surface area (Å²) in [6.45, 7) is 1.89. The van der Waals surface area contributed by atoms with Gasteiger partial charge in [0.2, 0.25) is 0 Å². The highest BCUT2D eigenvalue weighted by Gasteiger charge is 2.00. The van der Waals surface area contributed by atoms with Gasteiger partial charge in [0.1, 0.15) is 5.69 Å². The van der Waals surface area contributed by atoms with E-state index in [1.54, 1.807) is 0 Å². The average molecular weight is 171 g/mol. The number of para-hydroxylation sites is 1. The van der Waals surface area contributed by atoms with E-state index in [1.807, 2.05) is 37.3 Å². The first-order chi connectivity index (χ1) is 6.31. The molecule has 0 fully saturated rings. The number of hydrogen-bond acceptors (Lipinski definition) is 2. The Bertz CT molecular complexity index is 463. The molecular formula is C11H9NO. The van der Waals surface area contributed by atoms with E-state index in [9.17, 15) is 4.79 Å². The van der Waals surface area contributed by atoms with Crippen molar-refractivity contribution in [3.63, 3.8) is 0 Å². The lowest BCUT2D eigenvalue weighted by Crippen LogP contribution is -1.91. The zero-order chi connectivity index (χ0) is 9.26. The Morgan fingerprint density at radius 2 is 2.08 bits per heavy atom. The van der Waals surface area contributed by atoms with Crippen LogP contribution in [0.1, 0.15) is 16.1 Å². The van der Waals surface area contributed by atoms with Crippen LogP contribution in [0.25, 0.3) is 10.9 Å². The number of carbonyl (C=O) groups excluding carboxylic acids is 1. The number of nitrogens with zero attached hydrogens (tertiary/aromatic N) is 1. The second-order valence-electron chi connectivity index (χ2n) is 3.00. The van der Waals surface area contributed by atoms with Gasteiger partial charge in [0, 0.05) is 5.39 Å². The van der Waals surface area contributed by atoms with E-state index in [-0.39, 0.29) is 0 Å². The molecule has 2 nitrogen and oxygen atoms in total. The third-order valence-electron chi connectivity index (χ3n) is 2.07. The number of rotatable bonds is 1. The summed E-state index contributed by atoms with van der Waals surface area (Å²) >= 11 is 0. The van der Waals surface area contributed by atoms with Gasteiger partial charge in [-0.25, -0.2) is 4.98 Å². The van der Waals surface area contributed by atoms with Gasteiger partial charge in [-0.05, 0) is 24.6 Å². The van der Waals surface area contributed by atoms with Crippen LogP contribution in [0.15, 0.2) is 30.3 Å². The molecule has 2 aromatic rings. The van der Waals surface area contributed by atoms with E-state index in [4.69, 9.17) is 0 Å². The highest BCUT2D eigenvalue weighted by atomic mass is 16.1. The topological polar surface area (TPSA) is 30.0 Å². The van der Waals surface area contributed by atoms with Gasteiger partial charge in [0.25, 0.3) is 0 Å². The molecule has 64 valence electrons. The number of aromatic nitrogens is 1. The molecule has 0 saturated heterocycles. The maximum absolute atomic E-state index is 10.6. The van der Waals surface area contributed by atoms with Crippen molar-refractivity contribution in [3.05, 3.63) is 41.6 Å². The molecule has 0 amide bonds. The van der Waals surface area contributed by atoms with Gasteiger partial charge in [-0.1, -0.05) is 18.2 Å². The van der Waals surface area contributed by atoms with Gasteiger partial charge in [-0.2, -0.15) is 0 Å². The molecule has 0 aliphatic carbocycles. The lowest BCUT2D eigenvalue weighted by atomic mass is 10.1. The summed E-state index contributed by atoms with van der Waals surface area (Å²) in [6.07, 6.45) is 0.793. The van der Waals surface area contributed by atoms with E-state index >= 15 is 0 Å². The van der Waals surface area contributed by atoms with E-state index < -0.39 is 0 Å². The standard InChI is InChI=1S/C11H9NO/c1-8-6-9-4-2-3-5-10(9)12-11(8)7-13/h2-7H,1H3. The molecule has 0 aliphatic rings. The van der Waals surface area contributed by atoms with Gasteiger partial charge in [0.05, 0.1) is 5.52 Å². The lowest BCUT2D eigenvalue weighted by Gasteiger charge is -2.00. The molecule has 1 aromatic carbocycles. The van der Waals surface area contributed by atoms with Crippen molar-refractivity contribution in [3.8, 4) is 0 Å². The average Bonchev–Trinajstić information content (AvgIpc) is 2.17. The number of fused-ring (bicyclic) bond motifs is 1. The summed E-state index contributed by atoms with van der Waals surface area (Å²) in [5.41, 5.74) is 2.32. The van der Waals surface area contributed by atoms with Crippen LogP contribution in [-0.2, 0) is 0 Å². The molecule has 0 bridgehead atoms. The lowest BCUT2D eigenvalue weighted by molar-refractivity contribution is 0.111. The summed E-state index contributed by atoms with van der Waals surface area (Å²) in [5, 5.41) is 1.07. The largest absolute Gasteiger partial charge is 0.296 e. The van der Waals surface area contributed by atoms with Crippen molar-refractivity contribution in [2.24, 2.45) is 0 Å². The fourth-order valence-corrected chi connectivity index (χ4v) is 1.36. The number of aryl methyl sites for hydroxylation is 1. The number of carbonyl (C=O) groups is 1. The van der Waals surface area contributed by atoms with Crippen LogP contribution >= 0.6 is 0 Å². The number of benzene rings is 1. The zero-order valence-corrected chi connectivity index (χ0v) is 7.32. The monoisotopic (exact) mass is 171 g/mol. The minimum atomic E-state index is 0.527. The summed E-state index contributed by atoms with van der Waals surface area (Å²) < 4.78 is 0. The smallest absolute Gasteiger partial charge is 0.168 e. The van der Waals surface area contributed by atoms with Crippen molar-refractivity contribution >= 4 is 17.2 Å². The predicted molar refractivity (Wildman–Crippen MR) is 51.9 cm³/mol. The van der Waals surface area contributed by atoms with Gasteiger partial charge >= 0.3 is 0 Å². The molecule has 2 heteroatoms. The van der Waals surface area contributed by atoms with Crippen molar-refractivity contribution in [1.82, 2.24) is 4.98 Å². The Kier molecular flexibility index (Phi) is 1.81. The summed E-state index contributed by atoms with van der Waals surface area (Å²) in [6, 6.07) is 9.75. The third kappa shape index (κ3) is 1.31. The molecule has 0 unspecified atom stereocenters. The van der Waals surface area contributed by atoms with E-state index in [2.05, 4.69) is 4.98 Å². The molecule has 2 rings (SSSR count). The van der Waals surface area contributed by atoms with Gasteiger partial charge in [-0.15, -0.1) is 0 Å². The molecule has 0 N–H and O–H groups in total. The summed E-state index contributed by atoms with van der Waals surface area (Å²) in [5.74, 6) is 0. The Morgan fingerprint density at radius 3 is 2.85 bits per heavy atom. The molecule has 0 spiro atoms. The molecule has 0 atom stereocenters. The maximum atomic E-state index is 10.6. The maximum Gasteiger partial charge on any atom is 0.168 e. The quantitative estimate of drug-likeness (QED) is 0.616. The van der Waals surface area contributed by atoms with Gasteiger partial charge < -0.3 is 0 Å². The Balaban J connectivity index is 2.81. The highest BCUT2D eigenvalue weighted by molar-refractivity contribution is 5.85. The Hall–Kier alpha value is -1.70. The Morgan fingerprint density at radius 1 is 1.31 bits per heavy atom. The van der Waals surface area contributed by atoms with Crippen molar-refractivity contribution in [2.45, 2.75) is 6.92 Å². The highest BCUT2D eigenvalue weighted by Crippen LogP contribution is 2.14. The molecular weight excluding hydrogens is 162 g/mol. The van der Waals surface area contributed by atoms with Crippen LogP contribution in [0.2, 0.25) is 0 Å². The van der Waals surface area contributed by atoms with Gasteiger partial charge in [0.15, 0.2) is 6.29 Å². The second-order valence-corrected chi connectivity index (χ2v) is 3.00. The molecule has 0 aliphatic heterocycles. The van der Waals surface area contributed by atoms with Crippen LogP contribution in [0, 0.1) is 6.92 Å². The number of pyridine rings is 1. The van der Waals surface area contributed by atoms with E-state index in [0.29, 0.717) is 5.69 Å². The number of aldehydes is 1. The number of hydrogen-bond donors (Lipinski definition) is 0. The van der Waals surface area contributed by atoms with Crippen LogP contribution in [0.4, 0.5) is 0 Å². The van der Waals surface area contributed by atoms with E-state index in [0.717, 1.165) is 22.8 Å². The van der Waals surface area contributed by atoms with Crippen molar-refractivity contribution in [2.75, 3.05) is 0 Å². The van der Waals surface area contributed by atoms with Crippen molar-refractivity contribution in [1.29, 1.82) is 0 Å². The first kappa shape index (κ1) is 7.92. The van der Waals surface area contributed by atoms with E-state index in [1.165, 1.54) is 0 Å². The SMILES string of the molecule is Cc1cc2ccccc2nc1C=O. The fraction of sp³-hybridized carbons (Fsp3) is 0.0909. The van der Waals surface area contributed by atoms with Gasteiger partial charge in [-0.3, -0.25) is 4.79 Å². The minimum absolute atomic E-state index is 0.527. The predicted octanol–water partition coefficient (Wildman–Crippen LogP) is 2.36. The fourth-order valence-electron chi connectivity index (χ4n) is 1.36. The first-order valence-corrected chi connectivity index (χ1v) is 4.13. The minimum Gasteiger partial charge on any atom is -0.296 e. The molecule has 1 aromatic heterocycles. The molecule has 0 radical (unpaired) electrons. The van der Waals surface area contributed by atoms with Crippen molar-refractivity contribution < 1.29 is 4.79 Å². The molecule has 13 heavy (non-hydrogen) atoms. The van der Waals surface area contributed by atoms with Crippen LogP contribution < -0.4 is 0 Å². The zero-order valence-electron chi connectivity index (χ0n) is 7.32. The second kappa shape index (κ2) is 2.98. The van der Waals surface area contributed by atoms with Crippen LogP contribution in [0.3, 0.4) is 0 Å². The first-order valence-electron chi connectivity index (χ1n) is 4.13.